The summed E-state index contributed by atoms with van der Waals surface area (Å²) in [5.74, 6) is 0.0805. The first-order valence-corrected chi connectivity index (χ1v) is 5.51. The van der Waals surface area contributed by atoms with Gasteiger partial charge in [0, 0.05) is 19.0 Å². The molecule has 1 N–H and O–H groups in total. The zero-order valence-corrected chi connectivity index (χ0v) is 9.15. The summed E-state index contributed by atoms with van der Waals surface area (Å²) in [6.45, 7) is 3.26. The first-order chi connectivity index (χ1) is 7.19. The molecule has 0 aromatic heterocycles. The fourth-order valence-corrected chi connectivity index (χ4v) is 2.08. The van der Waals surface area contributed by atoms with Crippen LogP contribution >= 0.6 is 0 Å². The van der Waals surface area contributed by atoms with E-state index in [9.17, 15) is 9.90 Å². The van der Waals surface area contributed by atoms with Crippen LogP contribution in [0.15, 0.2) is 0 Å². The van der Waals surface area contributed by atoms with E-state index in [2.05, 4.69) is 6.92 Å². The highest BCUT2D eigenvalue weighted by Gasteiger charge is 2.29. The van der Waals surface area contributed by atoms with Crippen LogP contribution in [-0.2, 0) is 4.79 Å². The number of aliphatic hydroxyl groups is 1. The van der Waals surface area contributed by atoms with Crippen molar-refractivity contribution >= 4 is 5.91 Å². The smallest absolute Gasteiger partial charge is 0.236 e. The lowest BCUT2D eigenvalue weighted by molar-refractivity contribution is -0.134. The van der Waals surface area contributed by atoms with Crippen molar-refractivity contribution in [2.45, 2.75) is 38.7 Å². The summed E-state index contributed by atoms with van der Waals surface area (Å²) in [7, 11) is 0. The minimum Gasteiger partial charge on any atom is -0.393 e. The largest absolute Gasteiger partial charge is 0.393 e. The van der Waals surface area contributed by atoms with E-state index in [1.807, 2.05) is 6.07 Å². The van der Waals surface area contributed by atoms with E-state index in [-0.39, 0.29) is 24.3 Å². The van der Waals surface area contributed by atoms with Crippen LogP contribution in [0.2, 0.25) is 0 Å². The van der Waals surface area contributed by atoms with Crippen molar-refractivity contribution in [1.82, 2.24) is 4.90 Å². The summed E-state index contributed by atoms with van der Waals surface area (Å²) in [5.41, 5.74) is 0. The summed E-state index contributed by atoms with van der Waals surface area (Å²) in [6, 6.07) is 1.87. The Labute approximate surface area is 90.5 Å². The van der Waals surface area contributed by atoms with Crippen LogP contribution in [0, 0.1) is 17.2 Å². The second kappa shape index (κ2) is 5.72. The first-order valence-electron chi connectivity index (χ1n) is 5.51. The third kappa shape index (κ3) is 3.21. The average molecular weight is 210 g/mol. The van der Waals surface area contributed by atoms with Crippen LogP contribution in [0.4, 0.5) is 0 Å². The van der Waals surface area contributed by atoms with Gasteiger partial charge in [-0.1, -0.05) is 13.3 Å². The number of nitriles is 1. The molecule has 4 nitrogen and oxygen atoms in total. The fourth-order valence-electron chi connectivity index (χ4n) is 2.08. The molecule has 0 saturated carbocycles. The fraction of sp³-hybridized carbons (Fsp3) is 0.818. The summed E-state index contributed by atoms with van der Waals surface area (Å²) in [5, 5.41) is 18.2. The highest BCUT2D eigenvalue weighted by Crippen LogP contribution is 2.21. The second-order valence-corrected chi connectivity index (χ2v) is 4.08. The Morgan fingerprint density at radius 3 is 3.00 bits per heavy atom. The molecule has 1 aliphatic rings. The third-order valence-corrected chi connectivity index (χ3v) is 2.94. The molecule has 4 heteroatoms. The molecule has 0 aromatic rings. The zero-order chi connectivity index (χ0) is 11.3. The molecule has 15 heavy (non-hydrogen) atoms. The molecule has 0 radical (unpaired) electrons. The number of nitrogens with zero attached hydrogens (tertiary/aromatic N) is 2. The van der Waals surface area contributed by atoms with Gasteiger partial charge in [-0.2, -0.15) is 5.26 Å². The van der Waals surface area contributed by atoms with Crippen LogP contribution in [-0.4, -0.2) is 35.1 Å². The number of amides is 1. The lowest BCUT2D eigenvalue weighted by Gasteiger charge is -2.35. The normalized spacial score (nSPS) is 26.1. The maximum atomic E-state index is 11.5. The molecular weight excluding hydrogens is 192 g/mol. The van der Waals surface area contributed by atoms with Gasteiger partial charge in [0.25, 0.3) is 0 Å². The van der Waals surface area contributed by atoms with E-state index >= 15 is 0 Å². The number of carbonyl (C=O) groups excluding carboxylic acids is 1. The van der Waals surface area contributed by atoms with Gasteiger partial charge in [-0.25, -0.2) is 0 Å². The Morgan fingerprint density at radius 2 is 2.40 bits per heavy atom. The van der Waals surface area contributed by atoms with Crippen LogP contribution < -0.4 is 0 Å². The summed E-state index contributed by atoms with van der Waals surface area (Å²) in [6.07, 6.45) is 2.27. The van der Waals surface area contributed by atoms with Gasteiger partial charge in [0.15, 0.2) is 0 Å². The number of hydrogen-bond acceptors (Lipinski definition) is 3. The minimum atomic E-state index is -0.281. The summed E-state index contributed by atoms with van der Waals surface area (Å²) < 4.78 is 0. The average Bonchev–Trinajstić information content (AvgIpc) is 2.22. The van der Waals surface area contributed by atoms with E-state index in [0.717, 1.165) is 12.8 Å². The molecule has 0 bridgehead atoms. The van der Waals surface area contributed by atoms with Crippen molar-refractivity contribution in [3.05, 3.63) is 0 Å². The van der Waals surface area contributed by atoms with E-state index in [0.29, 0.717) is 19.5 Å². The molecule has 84 valence electrons. The topological polar surface area (TPSA) is 64.3 Å². The molecule has 1 heterocycles. The van der Waals surface area contributed by atoms with Crippen molar-refractivity contribution in [2.75, 3.05) is 13.1 Å². The van der Waals surface area contributed by atoms with E-state index in [4.69, 9.17) is 5.26 Å². The van der Waals surface area contributed by atoms with Gasteiger partial charge in [-0.05, 0) is 12.8 Å². The molecule has 1 aliphatic heterocycles. The highest BCUT2D eigenvalue weighted by molar-refractivity contribution is 5.78. The van der Waals surface area contributed by atoms with Gasteiger partial charge in [-0.3, -0.25) is 4.79 Å². The zero-order valence-electron chi connectivity index (χ0n) is 9.15. The second-order valence-electron chi connectivity index (χ2n) is 4.08. The van der Waals surface area contributed by atoms with Gasteiger partial charge in [0.2, 0.25) is 5.91 Å². The van der Waals surface area contributed by atoms with Crippen LogP contribution in [0.1, 0.15) is 32.6 Å². The number of hydrogen-bond donors (Lipinski definition) is 1. The predicted octanol–water partition coefficient (Wildman–Crippen LogP) is 0.910. The van der Waals surface area contributed by atoms with Crippen LogP contribution in [0.3, 0.4) is 0 Å². The van der Waals surface area contributed by atoms with Crippen molar-refractivity contribution in [3.8, 4) is 6.07 Å². The van der Waals surface area contributed by atoms with E-state index in [1.54, 1.807) is 4.90 Å². The molecule has 1 fully saturated rings. The van der Waals surface area contributed by atoms with E-state index < -0.39 is 0 Å². The Bertz CT molecular complexity index is 260. The van der Waals surface area contributed by atoms with Gasteiger partial charge in [0.1, 0.15) is 6.42 Å². The maximum Gasteiger partial charge on any atom is 0.236 e. The molecular formula is C11H18N2O2. The Balaban J connectivity index is 2.50. The van der Waals surface area contributed by atoms with Crippen molar-refractivity contribution < 1.29 is 9.90 Å². The molecule has 1 rings (SSSR count). The van der Waals surface area contributed by atoms with Crippen molar-refractivity contribution in [1.29, 1.82) is 5.26 Å². The Morgan fingerprint density at radius 1 is 1.67 bits per heavy atom. The molecule has 0 unspecified atom stereocenters. The van der Waals surface area contributed by atoms with Crippen LogP contribution in [0.5, 0.6) is 0 Å². The lowest BCUT2D eigenvalue weighted by Crippen LogP contribution is -2.45. The molecule has 0 aliphatic carbocycles. The van der Waals surface area contributed by atoms with E-state index in [1.165, 1.54) is 0 Å². The molecule has 0 aromatic carbocycles. The predicted molar refractivity (Wildman–Crippen MR) is 55.8 cm³/mol. The number of carbonyl (C=O) groups is 1. The van der Waals surface area contributed by atoms with Gasteiger partial charge in [0.05, 0.1) is 12.2 Å². The van der Waals surface area contributed by atoms with Crippen molar-refractivity contribution in [2.24, 2.45) is 5.92 Å². The minimum absolute atomic E-state index is 0.0467. The molecule has 0 spiro atoms. The summed E-state index contributed by atoms with van der Waals surface area (Å²) in [4.78, 5) is 13.2. The maximum absolute atomic E-state index is 11.5. The monoisotopic (exact) mass is 210 g/mol. The SMILES string of the molecule is CCC[C@@H]1CN(C(=O)CC#N)CC[C@@H]1O. The van der Waals surface area contributed by atoms with Crippen LogP contribution in [0.25, 0.3) is 0 Å². The number of aliphatic hydroxyl groups excluding tert-OH is 1. The lowest BCUT2D eigenvalue weighted by atomic mass is 9.90. The first kappa shape index (κ1) is 12.0. The molecule has 1 amide bonds. The molecule has 2 atom stereocenters. The number of piperidine rings is 1. The number of rotatable bonds is 3. The number of likely N-dealkylation sites (tertiary alicyclic amines) is 1. The standard InChI is InChI=1S/C11H18N2O2/c1-2-3-9-8-13(7-5-10(9)14)11(15)4-6-12/h9-10,14H,2-5,7-8H2,1H3/t9-,10+/m1/s1. The van der Waals surface area contributed by atoms with Gasteiger partial charge < -0.3 is 10.0 Å². The highest BCUT2D eigenvalue weighted by atomic mass is 16.3. The van der Waals surface area contributed by atoms with Crippen molar-refractivity contribution in [3.63, 3.8) is 0 Å². The quantitative estimate of drug-likeness (QED) is 0.753. The molecule has 1 saturated heterocycles. The summed E-state index contributed by atoms with van der Waals surface area (Å²) >= 11 is 0. The Hall–Kier alpha value is -1.08. The Kier molecular flexibility index (Phi) is 4.57. The van der Waals surface area contributed by atoms with Gasteiger partial charge >= 0.3 is 0 Å². The van der Waals surface area contributed by atoms with Gasteiger partial charge in [-0.15, -0.1) is 0 Å². The third-order valence-electron chi connectivity index (χ3n) is 2.94.